The molecule has 0 aliphatic heterocycles. The van der Waals surface area contributed by atoms with Crippen molar-refractivity contribution in [1.29, 1.82) is 0 Å². The minimum atomic E-state index is -0.163. The second-order valence-electron chi connectivity index (χ2n) is 5.99. The Hall–Kier alpha value is -1.77. The van der Waals surface area contributed by atoms with Gasteiger partial charge in [-0.05, 0) is 25.5 Å². The van der Waals surface area contributed by atoms with Gasteiger partial charge in [0.1, 0.15) is 5.69 Å². The molecule has 1 heterocycles. The average Bonchev–Trinajstić information content (AvgIpc) is 2.67. The minimum Gasteiger partial charge on any atom is -0.504 e. The van der Waals surface area contributed by atoms with Crippen molar-refractivity contribution in [2.75, 3.05) is 0 Å². The van der Waals surface area contributed by atoms with E-state index in [1.165, 1.54) is 5.56 Å². The normalized spacial score (nSPS) is 11.8. The van der Waals surface area contributed by atoms with E-state index < -0.39 is 0 Å². The van der Waals surface area contributed by atoms with Crippen LogP contribution >= 0.6 is 0 Å². The Bertz CT molecular complexity index is 574. The summed E-state index contributed by atoms with van der Waals surface area (Å²) >= 11 is 0. The summed E-state index contributed by atoms with van der Waals surface area (Å²) in [4.78, 5) is 0. The van der Waals surface area contributed by atoms with Gasteiger partial charge in [0.2, 0.25) is 0 Å². The summed E-state index contributed by atoms with van der Waals surface area (Å²) in [6.45, 7) is 10.3. The molecule has 2 rings (SSSR count). The van der Waals surface area contributed by atoms with Crippen LogP contribution in [-0.2, 0) is 11.8 Å². The van der Waals surface area contributed by atoms with Gasteiger partial charge in [-0.1, -0.05) is 45.4 Å². The molecule has 3 nitrogen and oxygen atoms in total. The fourth-order valence-electron chi connectivity index (χ4n) is 2.17. The molecule has 0 unspecified atom stereocenters. The molecule has 0 fully saturated rings. The van der Waals surface area contributed by atoms with Crippen molar-refractivity contribution in [2.24, 2.45) is 0 Å². The Labute approximate surface area is 114 Å². The van der Waals surface area contributed by atoms with Crippen molar-refractivity contribution in [1.82, 2.24) is 9.78 Å². The fraction of sp³-hybridized carbons (Fsp3) is 0.438. The zero-order valence-electron chi connectivity index (χ0n) is 12.4. The summed E-state index contributed by atoms with van der Waals surface area (Å²) in [5.74, 6) is 0.329. The Morgan fingerprint density at radius 2 is 1.74 bits per heavy atom. The Morgan fingerprint density at radius 1 is 1.16 bits per heavy atom. The third-order valence-electron chi connectivity index (χ3n) is 3.28. The van der Waals surface area contributed by atoms with Crippen molar-refractivity contribution in [3.8, 4) is 11.4 Å². The number of rotatable bonds is 2. The van der Waals surface area contributed by atoms with Crippen LogP contribution in [0, 0.1) is 6.92 Å². The van der Waals surface area contributed by atoms with Crippen molar-refractivity contribution in [2.45, 2.75) is 46.5 Å². The van der Waals surface area contributed by atoms with Crippen LogP contribution in [0.25, 0.3) is 5.69 Å². The number of hydrogen-bond acceptors (Lipinski definition) is 2. The number of hydrogen-bond donors (Lipinski definition) is 1. The molecule has 1 N–H and O–H groups in total. The van der Waals surface area contributed by atoms with Gasteiger partial charge >= 0.3 is 0 Å². The molecule has 0 aliphatic rings. The van der Waals surface area contributed by atoms with Crippen LogP contribution in [0.3, 0.4) is 0 Å². The summed E-state index contributed by atoms with van der Waals surface area (Å²) in [7, 11) is 0. The lowest BCUT2D eigenvalue weighted by molar-refractivity contribution is 0.440. The maximum atomic E-state index is 10.4. The average molecular weight is 258 g/mol. The van der Waals surface area contributed by atoms with Crippen LogP contribution in [0.4, 0.5) is 0 Å². The summed E-state index contributed by atoms with van der Waals surface area (Å²) in [6.07, 6.45) is 0.753. The molecule has 0 saturated carbocycles. The molecule has 1 aromatic heterocycles. The highest BCUT2D eigenvalue weighted by Gasteiger charge is 2.26. The van der Waals surface area contributed by atoms with Gasteiger partial charge in [-0.15, -0.1) is 0 Å². The van der Waals surface area contributed by atoms with Gasteiger partial charge in [-0.3, -0.25) is 0 Å². The van der Waals surface area contributed by atoms with E-state index in [2.05, 4.69) is 44.9 Å². The molecule has 0 aliphatic carbocycles. The van der Waals surface area contributed by atoms with Gasteiger partial charge in [-0.25, -0.2) is 4.68 Å². The zero-order chi connectivity index (χ0) is 14.2. The molecule has 0 bridgehead atoms. The number of benzene rings is 1. The first-order chi connectivity index (χ1) is 8.84. The van der Waals surface area contributed by atoms with E-state index in [4.69, 9.17) is 0 Å². The lowest BCUT2D eigenvalue weighted by Crippen LogP contribution is -2.13. The SMILES string of the molecule is CCc1c(O)c(C(C)(C)C)nn1-c1ccc(C)cc1. The van der Waals surface area contributed by atoms with E-state index in [1.54, 1.807) is 0 Å². The highest BCUT2D eigenvalue weighted by Crippen LogP contribution is 2.34. The van der Waals surface area contributed by atoms with Gasteiger partial charge in [-0.2, -0.15) is 5.10 Å². The predicted molar refractivity (Wildman–Crippen MR) is 78.0 cm³/mol. The number of aromatic hydroxyl groups is 1. The Morgan fingerprint density at radius 3 is 2.21 bits per heavy atom. The van der Waals surface area contributed by atoms with Crippen LogP contribution in [0.15, 0.2) is 24.3 Å². The predicted octanol–water partition coefficient (Wildman–Crippen LogP) is 3.75. The topological polar surface area (TPSA) is 38.1 Å². The Balaban J connectivity index is 2.60. The summed E-state index contributed by atoms with van der Waals surface area (Å²) in [6, 6.07) is 8.19. The molecular weight excluding hydrogens is 236 g/mol. The zero-order valence-corrected chi connectivity index (χ0v) is 12.4. The highest BCUT2D eigenvalue weighted by atomic mass is 16.3. The molecule has 19 heavy (non-hydrogen) atoms. The van der Waals surface area contributed by atoms with Crippen molar-refractivity contribution < 1.29 is 5.11 Å². The first-order valence-corrected chi connectivity index (χ1v) is 6.73. The van der Waals surface area contributed by atoms with Crippen LogP contribution in [0.1, 0.15) is 44.6 Å². The van der Waals surface area contributed by atoms with Crippen molar-refractivity contribution in [3.63, 3.8) is 0 Å². The lowest BCUT2D eigenvalue weighted by Gasteiger charge is -2.15. The number of nitrogens with zero attached hydrogens (tertiary/aromatic N) is 2. The molecular formula is C16H22N2O. The van der Waals surface area contributed by atoms with Gasteiger partial charge in [0.25, 0.3) is 0 Å². The molecule has 0 saturated heterocycles. The molecule has 102 valence electrons. The van der Waals surface area contributed by atoms with Crippen LogP contribution < -0.4 is 0 Å². The van der Waals surface area contributed by atoms with Gasteiger partial charge in [0, 0.05) is 5.41 Å². The van der Waals surface area contributed by atoms with Gasteiger partial charge in [0.15, 0.2) is 5.75 Å². The molecule has 0 spiro atoms. The minimum absolute atomic E-state index is 0.163. The quantitative estimate of drug-likeness (QED) is 0.891. The smallest absolute Gasteiger partial charge is 0.161 e. The highest BCUT2D eigenvalue weighted by molar-refractivity contribution is 5.43. The number of aryl methyl sites for hydroxylation is 1. The van der Waals surface area contributed by atoms with E-state index in [9.17, 15) is 5.11 Å². The second-order valence-corrected chi connectivity index (χ2v) is 5.99. The van der Waals surface area contributed by atoms with Crippen LogP contribution in [-0.4, -0.2) is 14.9 Å². The maximum Gasteiger partial charge on any atom is 0.161 e. The largest absolute Gasteiger partial charge is 0.504 e. The maximum absolute atomic E-state index is 10.4. The van der Waals surface area contributed by atoms with E-state index >= 15 is 0 Å². The first kappa shape index (κ1) is 13.7. The summed E-state index contributed by atoms with van der Waals surface area (Å²) in [5, 5.41) is 15.0. The molecule has 2 aromatic rings. The van der Waals surface area contributed by atoms with Crippen molar-refractivity contribution in [3.05, 3.63) is 41.2 Å². The molecule has 1 aromatic carbocycles. The van der Waals surface area contributed by atoms with Crippen molar-refractivity contribution >= 4 is 0 Å². The third kappa shape index (κ3) is 2.50. The van der Waals surface area contributed by atoms with Crippen LogP contribution in [0.2, 0.25) is 0 Å². The molecule has 3 heteroatoms. The number of aromatic nitrogens is 2. The fourth-order valence-corrected chi connectivity index (χ4v) is 2.17. The Kier molecular flexibility index (Phi) is 3.40. The molecule has 0 amide bonds. The standard InChI is InChI=1S/C16H22N2O/c1-6-13-14(19)15(16(3,4)5)17-18(13)12-9-7-11(2)8-10-12/h7-10,19H,6H2,1-5H3. The summed E-state index contributed by atoms with van der Waals surface area (Å²) < 4.78 is 1.86. The summed E-state index contributed by atoms with van der Waals surface area (Å²) in [5.41, 5.74) is 3.67. The van der Waals surface area contributed by atoms with Gasteiger partial charge < -0.3 is 5.11 Å². The van der Waals surface area contributed by atoms with E-state index in [-0.39, 0.29) is 5.41 Å². The third-order valence-corrected chi connectivity index (χ3v) is 3.28. The first-order valence-electron chi connectivity index (χ1n) is 6.73. The molecule has 0 atom stereocenters. The molecule has 0 radical (unpaired) electrons. The second kappa shape index (κ2) is 4.72. The van der Waals surface area contributed by atoms with E-state index in [1.807, 2.05) is 23.7 Å². The van der Waals surface area contributed by atoms with Crippen LogP contribution in [0.5, 0.6) is 5.75 Å². The monoisotopic (exact) mass is 258 g/mol. The van der Waals surface area contributed by atoms with Gasteiger partial charge in [0.05, 0.1) is 11.4 Å². The van der Waals surface area contributed by atoms with E-state index in [0.717, 1.165) is 23.5 Å². The van der Waals surface area contributed by atoms with E-state index in [0.29, 0.717) is 5.75 Å². The lowest BCUT2D eigenvalue weighted by atomic mass is 9.91.